The molecule has 2 aromatic rings. The lowest BCUT2D eigenvalue weighted by Crippen LogP contribution is -2.50. The van der Waals surface area contributed by atoms with E-state index in [1.807, 2.05) is 61.5 Å². The van der Waals surface area contributed by atoms with Crippen LogP contribution >= 0.6 is 0 Å². The molecule has 3 aliphatic rings. The maximum absolute atomic E-state index is 14.0. The largest absolute Gasteiger partial charge is 0.352 e. The van der Waals surface area contributed by atoms with Crippen LogP contribution in [0.15, 0.2) is 78.5 Å². The fourth-order valence-corrected chi connectivity index (χ4v) is 4.80. The summed E-state index contributed by atoms with van der Waals surface area (Å²) in [7, 11) is 0. The van der Waals surface area contributed by atoms with E-state index < -0.39 is 12.1 Å². The van der Waals surface area contributed by atoms with Crippen LogP contribution in [0, 0.1) is 6.92 Å². The number of carbonyl (C=O) groups excluding carboxylic acids is 3. The summed E-state index contributed by atoms with van der Waals surface area (Å²) in [4.78, 5) is 43.6. The zero-order valence-corrected chi connectivity index (χ0v) is 19.9. The summed E-state index contributed by atoms with van der Waals surface area (Å²) in [5.74, 6) is -0.363. The third kappa shape index (κ3) is 4.58. The summed E-state index contributed by atoms with van der Waals surface area (Å²) in [6, 6.07) is 16.2. The molecule has 2 aliphatic heterocycles. The number of hydrogen-bond donors (Lipinski definition) is 2. The number of nitrogens with one attached hydrogen (secondary N) is 2. The van der Waals surface area contributed by atoms with E-state index in [0.29, 0.717) is 17.7 Å². The van der Waals surface area contributed by atoms with Crippen LogP contribution in [0.4, 0.5) is 4.79 Å². The lowest BCUT2D eigenvalue weighted by molar-refractivity contribution is -0.136. The Balaban J connectivity index is 1.51. The highest BCUT2D eigenvalue weighted by atomic mass is 16.2. The van der Waals surface area contributed by atoms with Crippen LogP contribution in [-0.2, 0) is 16.0 Å². The number of rotatable bonds is 8. The average Bonchev–Trinajstić information content (AvgIpc) is 3.61. The quantitative estimate of drug-likeness (QED) is 0.581. The molecule has 0 radical (unpaired) electrons. The van der Waals surface area contributed by atoms with Gasteiger partial charge in [-0.2, -0.15) is 0 Å². The minimum atomic E-state index is -0.671. The number of urea groups is 1. The van der Waals surface area contributed by atoms with Gasteiger partial charge in [-0.25, -0.2) is 4.79 Å². The van der Waals surface area contributed by atoms with Gasteiger partial charge in [-0.15, -0.1) is 6.58 Å². The molecule has 7 nitrogen and oxygen atoms in total. The van der Waals surface area contributed by atoms with Gasteiger partial charge >= 0.3 is 6.03 Å². The molecule has 1 fully saturated rings. The van der Waals surface area contributed by atoms with E-state index >= 15 is 0 Å². The normalized spacial score (nSPS) is 20.4. The topological polar surface area (TPSA) is 81.8 Å². The molecule has 1 aliphatic carbocycles. The summed E-state index contributed by atoms with van der Waals surface area (Å²) in [5.41, 5.74) is 4.08. The zero-order valence-electron chi connectivity index (χ0n) is 19.9. The number of hydrogen-bond acceptors (Lipinski definition) is 3. The molecule has 1 saturated carbocycles. The Morgan fingerprint density at radius 3 is 2.51 bits per heavy atom. The van der Waals surface area contributed by atoms with Crippen molar-refractivity contribution in [1.29, 1.82) is 0 Å². The smallest absolute Gasteiger partial charge is 0.322 e. The van der Waals surface area contributed by atoms with Crippen molar-refractivity contribution >= 4 is 17.8 Å². The molecule has 180 valence electrons. The van der Waals surface area contributed by atoms with Crippen LogP contribution in [0.5, 0.6) is 0 Å². The van der Waals surface area contributed by atoms with Gasteiger partial charge in [-0.05, 0) is 30.9 Å². The van der Waals surface area contributed by atoms with Gasteiger partial charge in [0.2, 0.25) is 5.91 Å². The molecule has 0 unspecified atom stereocenters. The lowest BCUT2D eigenvalue weighted by atomic mass is 9.94. The van der Waals surface area contributed by atoms with Crippen molar-refractivity contribution < 1.29 is 14.4 Å². The third-order valence-corrected chi connectivity index (χ3v) is 6.85. The molecule has 0 aromatic heterocycles. The molecule has 0 spiro atoms. The van der Waals surface area contributed by atoms with Crippen LogP contribution in [0.3, 0.4) is 0 Å². The Labute approximate surface area is 205 Å². The van der Waals surface area contributed by atoms with Crippen LogP contribution in [0.1, 0.15) is 35.6 Å². The SMILES string of the molecule is C=CCN1C(=O)N[C@H](c2ccc(C)cc2)C2=C1CN([C@@H](Cc1ccccc1)C(=O)NC1CC1)C2=O. The molecule has 2 heterocycles. The van der Waals surface area contributed by atoms with Crippen molar-refractivity contribution in [3.63, 3.8) is 0 Å². The standard InChI is InChI=1S/C28H30N4O3/c1-3-15-31-23-17-32(22(26(33)29-21-13-14-21)16-19-7-5-4-6-8-19)27(34)24(23)25(30-28(31)35)20-11-9-18(2)10-12-20/h3-12,21-22,25H,1,13-17H2,2H3,(H,29,33)(H,30,35)/t22-,25+/m0/s1. The first-order valence-corrected chi connectivity index (χ1v) is 12.1. The minimum Gasteiger partial charge on any atom is -0.352 e. The fourth-order valence-electron chi connectivity index (χ4n) is 4.80. The van der Waals surface area contributed by atoms with E-state index in [1.165, 1.54) is 0 Å². The molecule has 5 rings (SSSR count). The summed E-state index contributed by atoms with van der Waals surface area (Å²) in [6.07, 6.45) is 3.98. The summed E-state index contributed by atoms with van der Waals surface area (Å²) in [5, 5.41) is 6.09. The van der Waals surface area contributed by atoms with E-state index in [2.05, 4.69) is 17.2 Å². The minimum absolute atomic E-state index is 0.147. The van der Waals surface area contributed by atoms with Crippen molar-refractivity contribution in [2.45, 2.75) is 44.3 Å². The van der Waals surface area contributed by atoms with Gasteiger partial charge in [0, 0.05) is 19.0 Å². The molecule has 35 heavy (non-hydrogen) atoms. The zero-order chi connectivity index (χ0) is 24.5. The molecule has 7 heteroatoms. The Kier molecular flexibility index (Phi) is 6.16. The summed E-state index contributed by atoms with van der Waals surface area (Å²) >= 11 is 0. The van der Waals surface area contributed by atoms with Gasteiger partial charge in [0.1, 0.15) is 6.04 Å². The highest BCUT2D eigenvalue weighted by Crippen LogP contribution is 2.37. The van der Waals surface area contributed by atoms with Gasteiger partial charge in [-0.1, -0.05) is 66.2 Å². The monoisotopic (exact) mass is 470 g/mol. The van der Waals surface area contributed by atoms with Crippen molar-refractivity contribution in [1.82, 2.24) is 20.4 Å². The van der Waals surface area contributed by atoms with Crippen molar-refractivity contribution in [3.8, 4) is 0 Å². The maximum atomic E-state index is 14.0. The number of amides is 4. The van der Waals surface area contributed by atoms with Crippen LogP contribution in [0.2, 0.25) is 0 Å². The van der Waals surface area contributed by atoms with E-state index in [9.17, 15) is 14.4 Å². The molecule has 0 saturated heterocycles. The van der Waals surface area contributed by atoms with Crippen molar-refractivity contribution in [2.24, 2.45) is 0 Å². The highest BCUT2D eigenvalue weighted by molar-refractivity contribution is 6.03. The number of benzene rings is 2. The molecular formula is C28H30N4O3. The highest BCUT2D eigenvalue weighted by Gasteiger charge is 2.47. The number of nitrogens with zero attached hydrogens (tertiary/aromatic N) is 2. The van der Waals surface area contributed by atoms with Crippen LogP contribution in [-0.4, -0.2) is 52.8 Å². The van der Waals surface area contributed by atoms with Crippen molar-refractivity contribution in [3.05, 3.63) is 95.2 Å². The predicted molar refractivity (Wildman–Crippen MR) is 133 cm³/mol. The first kappa shape index (κ1) is 22.9. The molecule has 2 aromatic carbocycles. The second-order valence-electron chi connectivity index (χ2n) is 9.47. The predicted octanol–water partition coefficient (Wildman–Crippen LogP) is 3.23. The molecule has 4 amide bonds. The third-order valence-electron chi connectivity index (χ3n) is 6.85. The Morgan fingerprint density at radius 1 is 1.14 bits per heavy atom. The average molecular weight is 471 g/mol. The Hall–Kier alpha value is -3.87. The van der Waals surface area contributed by atoms with Gasteiger partial charge < -0.3 is 15.5 Å². The first-order chi connectivity index (χ1) is 17.0. The van der Waals surface area contributed by atoms with E-state index in [1.54, 1.807) is 15.9 Å². The summed E-state index contributed by atoms with van der Waals surface area (Å²) in [6.45, 7) is 6.26. The van der Waals surface area contributed by atoms with Gasteiger partial charge in [0.05, 0.1) is 23.9 Å². The number of aryl methyl sites for hydroxylation is 1. The van der Waals surface area contributed by atoms with Gasteiger partial charge in [0.25, 0.3) is 5.91 Å². The second kappa shape index (κ2) is 9.41. The Morgan fingerprint density at radius 2 is 1.86 bits per heavy atom. The van der Waals surface area contributed by atoms with Crippen LogP contribution in [0.25, 0.3) is 0 Å². The number of carbonyl (C=O) groups is 3. The molecular weight excluding hydrogens is 440 g/mol. The molecule has 2 atom stereocenters. The molecule has 2 N–H and O–H groups in total. The second-order valence-corrected chi connectivity index (χ2v) is 9.47. The fraction of sp³-hybridized carbons (Fsp3) is 0.321. The summed E-state index contributed by atoms with van der Waals surface area (Å²) < 4.78 is 0. The Bertz CT molecular complexity index is 1180. The van der Waals surface area contributed by atoms with Gasteiger partial charge in [-0.3, -0.25) is 14.5 Å². The van der Waals surface area contributed by atoms with Crippen molar-refractivity contribution in [2.75, 3.05) is 13.1 Å². The van der Waals surface area contributed by atoms with E-state index in [4.69, 9.17) is 0 Å². The van der Waals surface area contributed by atoms with Gasteiger partial charge in [0.15, 0.2) is 0 Å². The molecule has 0 bridgehead atoms. The van der Waals surface area contributed by atoms with E-state index in [-0.39, 0.29) is 37.0 Å². The van der Waals surface area contributed by atoms with Crippen LogP contribution < -0.4 is 10.6 Å². The first-order valence-electron chi connectivity index (χ1n) is 12.1. The maximum Gasteiger partial charge on any atom is 0.322 e. The van der Waals surface area contributed by atoms with E-state index in [0.717, 1.165) is 29.5 Å². The lowest BCUT2D eigenvalue weighted by Gasteiger charge is -2.33.